The van der Waals surface area contributed by atoms with Crippen LogP contribution in [-0.4, -0.2) is 42.4 Å². The molecule has 144 valence electrons. The van der Waals surface area contributed by atoms with Gasteiger partial charge in [-0.1, -0.05) is 44.0 Å². The Labute approximate surface area is 161 Å². The van der Waals surface area contributed by atoms with Crippen molar-refractivity contribution in [3.05, 3.63) is 29.8 Å². The topological polar surface area (TPSA) is 55.8 Å². The van der Waals surface area contributed by atoms with Crippen molar-refractivity contribution in [1.82, 2.24) is 0 Å². The summed E-state index contributed by atoms with van der Waals surface area (Å²) < 4.78 is 11.5. The van der Waals surface area contributed by atoms with Gasteiger partial charge in [-0.05, 0) is 55.9 Å². The van der Waals surface area contributed by atoms with Gasteiger partial charge in [0.15, 0.2) is 0 Å². The molecule has 0 aromatic heterocycles. The van der Waals surface area contributed by atoms with E-state index in [1.54, 1.807) is 0 Å². The first-order valence-electron chi connectivity index (χ1n) is 9.76. The minimum absolute atomic E-state index is 0.592. The predicted molar refractivity (Wildman–Crippen MR) is 109 cm³/mol. The molecular weight excluding hydrogens is 360 g/mol. The quantitative estimate of drug-likeness (QED) is 0.786. The normalized spacial score (nSPS) is 21.3. The number of rotatable bonds is 4. The molecule has 0 spiro atoms. The monoisotopic (exact) mass is 392 g/mol. The van der Waals surface area contributed by atoms with Gasteiger partial charge in [-0.3, -0.25) is 4.79 Å². The van der Waals surface area contributed by atoms with Gasteiger partial charge in [0.25, 0.3) is 0 Å². The van der Waals surface area contributed by atoms with Crippen LogP contribution in [0.3, 0.4) is 0 Å². The Hall–Kier alpha value is -0.956. The lowest BCUT2D eigenvalue weighted by Gasteiger charge is -2.33. The standard InChI is InChI=1S/C11H15OSi.C9H17O3Si/c1-10-6-2-3-7-11(10)13-9-5-4-8-12-13;1-3-9(2,8(10)11)13-7-5-4-6-12-13/h2-3,6-7H,4-5,8-9H2,1H3;3-7H2,1-2H3,(H,10,11). The third-order valence-corrected chi connectivity index (χ3v) is 11.1. The molecule has 1 aromatic rings. The highest BCUT2D eigenvalue weighted by atomic mass is 28.3. The summed E-state index contributed by atoms with van der Waals surface area (Å²) in [7, 11) is -1.79. The number of hydrogen-bond donors (Lipinski definition) is 1. The maximum absolute atomic E-state index is 11.1. The molecule has 26 heavy (non-hydrogen) atoms. The predicted octanol–water partition coefficient (Wildman–Crippen LogP) is 4.05. The smallest absolute Gasteiger partial charge is 0.308 e. The average Bonchev–Trinajstić information content (AvgIpc) is 2.69. The van der Waals surface area contributed by atoms with Gasteiger partial charge >= 0.3 is 5.97 Å². The van der Waals surface area contributed by atoms with Crippen molar-refractivity contribution in [3.8, 4) is 0 Å². The molecule has 0 bridgehead atoms. The molecule has 2 aliphatic heterocycles. The maximum Gasteiger partial charge on any atom is 0.308 e. The fraction of sp³-hybridized carbons (Fsp3) is 0.650. The van der Waals surface area contributed by atoms with Crippen LogP contribution in [-0.2, 0) is 13.6 Å². The van der Waals surface area contributed by atoms with Gasteiger partial charge in [0, 0.05) is 13.2 Å². The van der Waals surface area contributed by atoms with Crippen molar-refractivity contribution < 1.29 is 18.8 Å². The van der Waals surface area contributed by atoms with Gasteiger partial charge in [0.2, 0.25) is 18.1 Å². The second-order valence-corrected chi connectivity index (χ2v) is 12.2. The minimum Gasteiger partial charge on any atom is -0.481 e. The number of aryl methyl sites for hydroxylation is 1. The lowest BCUT2D eigenvalue weighted by molar-refractivity contribution is -0.140. The summed E-state index contributed by atoms with van der Waals surface area (Å²) in [5.74, 6) is -0.689. The van der Waals surface area contributed by atoms with E-state index in [4.69, 9.17) is 14.0 Å². The van der Waals surface area contributed by atoms with E-state index in [0.29, 0.717) is 6.42 Å². The van der Waals surface area contributed by atoms with Gasteiger partial charge in [-0.2, -0.15) is 0 Å². The number of benzene rings is 1. The molecule has 2 heterocycles. The molecule has 2 aliphatic rings. The van der Waals surface area contributed by atoms with E-state index in [1.807, 2.05) is 13.8 Å². The highest BCUT2D eigenvalue weighted by molar-refractivity contribution is 6.68. The summed E-state index contributed by atoms with van der Waals surface area (Å²) in [4.78, 5) is 11.1. The maximum atomic E-state index is 11.1. The van der Waals surface area contributed by atoms with Crippen molar-refractivity contribution >= 4 is 29.2 Å². The molecule has 2 saturated heterocycles. The molecule has 3 rings (SSSR count). The first-order chi connectivity index (χ1) is 12.5. The van der Waals surface area contributed by atoms with Crippen molar-refractivity contribution in [1.29, 1.82) is 0 Å². The fourth-order valence-corrected chi connectivity index (χ4v) is 8.26. The van der Waals surface area contributed by atoms with Crippen LogP contribution >= 0.6 is 0 Å². The third-order valence-electron chi connectivity index (χ3n) is 5.39. The molecule has 1 unspecified atom stereocenters. The molecule has 1 N–H and O–H groups in total. The SMILES string of the molecule is CCC(C)(C(=O)O)[Si]1CCCCO1.Cc1ccccc1[Si]1CCCCO1. The van der Waals surface area contributed by atoms with Crippen molar-refractivity contribution in [2.24, 2.45) is 0 Å². The fourth-order valence-electron chi connectivity index (χ4n) is 3.31. The van der Waals surface area contributed by atoms with Gasteiger partial charge < -0.3 is 14.0 Å². The van der Waals surface area contributed by atoms with Crippen LogP contribution in [0.2, 0.25) is 17.1 Å². The number of carbonyl (C=O) groups is 1. The molecule has 1 aromatic carbocycles. The minimum atomic E-state index is -1.13. The van der Waals surface area contributed by atoms with E-state index < -0.39 is 29.1 Å². The lowest BCUT2D eigenvalue weighted by atomic mass is 10.1. The van der Waals surface area contributed by atoms with Crippen LogP contribution in [0, 0.1) is 6.92 Å². The molecule has 0 aliphatic carbocycles. The molecule has 4 nitrogen and oxygen atoms in total. The zero-order chi connectivity index (χ0) is 19.0. The first-order valence-corrected chi connectivity index (χ1v) is 13.0. The summed E-state index contributed by atoms with van der Waals surface area (Å²) >= 11 is 0. The third kappa shape index (κ3) is 5.52. The van der Waals surface area contributed by atoms with E-state index in [0.717, 1.165) is 32.1 Å². The van der Waals surface area contributed by atoms with Crippen molar-refractivity contribution in [2.75, 3.05) is 13.2 Å². The van der Waals surface area contributed by atoms with Crippen LogP contribution in [0.15, 0.2) is 24.3 Å². The molecule has 0 amide bonds. The van der Waals surface area contributed by atoms with Gasteiger partial charge in [-0.25, -0.2) is 0 Å². The summed E-state index contributed by atoms with van der Waals surface area (Å²) in [5, 5.41) is 10.0. The second-order valence-electron chi connectivity index (χ2n) is 7.26. The Balaban J connectivity index is 0.000000187. The van der Waals surface area contributed by atoms with Gasteiger partial charge in [0.1, 0.15) is 0 Å². The van der Waals surface area contributed by atoms with Gasteiger partial charge in [0.05, 0.1) is 5.04 Å². The van der Waals surface area contributed by atoms with E-state index in [2.05, 4.69) is 31.2 Å². The van der Waals surface area contributed by atoms with Gasteiger partial charge in [-0.15, -0.1) is 0 Å². The summed E-state index contributed by atoms with van der Waals surface area (Å²) in [6, 6.07) is 10.9. The Morgan fingerprint density at radius 3 is 2.27 bits per heavy atom. The summed E-state index contributed by atoms with van der Waals surface area (Å²) in [6.07, 6.45) is 5.50. The largest absolute Gasteiger partial charge is 0.481 e. The lowest BCUT2D eigenvalue weighted by Crippen LogP contribution is -2.41. The molecule has 6 heteroatoms. The second kappa shape index (κ2) is 10.4. The summed E-state index contributed by atoms with van der Waals surface area (Å²) in [6.45, 7) is 7.68. The summed E-state index contributed by atoms with van der Waals surface area (Å²) in [5.41, 5.74) is 1.40. The highest BCUT2D eigenvalue weighted by Crippen LogP contribution is 2.38. The zero-order valence-corrected chi connectivity index (χ0v) is 18.3. The van der Waals surface area contributed by atoms with E-state index in [9.17, 15) is 4.79 Å². The van der Waals surface area contributed by atoms with Crippen LogP contribution in [0.25, 0.3) is 0 Å². The molecule has 1 atom stereocenters. The van der Waals surface area contributed by atoms with Crippen molar-refractivity contribution in [2.45, 2.75) is 70.0 Å². The Bertz CT molecular complexity index is 569. The number of carboxylic acids is 1. The van der Waals surface area contributed by atoms with E-state index in [1.165, 1.54) is 29.6 Å². The zero-order valence-electron chi connectivity index (χ0n) is 16.3. The molecule has 2 fully saturated rings. The van der Waals surface area contributed by atoms with E-state index >= 15 is 0 Å². The highest BCUT2D eigenvalue weighted by Gasteiger charge is 2.43. The Morgan fingerprint density at radius 1 is 1.12 bits per heavy atom. The molecular formula is C20H32O4Si2. The number of hydrogen-bond acceptors (Lipinski definition) is 3. The number of aliphatic carboxylic acids is 1. The average molecular weight is 393 g/mol. The van der Waals surface area contributed by atoms with Crippen LogP contribution in [0.4, 0.5) is 0 Å². The van der Waals surface area contributed by atoms with E-state index in [-0.39, 0.29) is 0 Å². The van der Waals surface area contributed by atoms with Crippen LogP contribution in [0.1, 0.15) is 51.5 Å². The molecule has 2 radical (unpaired) electrons. The Morgan fingerprint density at radius 2 is 1.77 bits per heavy atom. The molecule has 0 saturated carbocycles. The van der Waals surface area contributed by atoms with Crippen LogP contribution in [0.5, 0.6) is 0 Å². The van der Waals surface area contributed by atoms with Crippen molar-refractivity contribution in [3.63, 3.8) is 0 Å². The number of carboxylic acid groups (broad SMARTS) is 1. The van der Waals surface area contributed by atoms with Crippen LogP contribution < -0.4 is 5.19 Å². The Kier molecular flexibility index (Phi) is 8.54. The first kappa shape index (κ1) is 21.3.